The summed E-state index contributed by atoms with van der Waals surface area (Å²) in [6, 6.07) is 7.77. The summed E-state index contributed by atoms with van der Waals surface area (Å²) in [6.07, 6.45) is 3.64. The lowest BCUT2D eigenvalue weighted by Gasteiger charge is -2.34. The van der Waals surface area contributed by atoms with E-state index in [0.717, 1.165) is 27.5 Å². The number of halogens is 1. The molecule has 1 aliphatic heterocycles. The van der Waals surface area contributed by atoms with Crippen molar-refractivity contribution in [2.75, 3.05) is 13.1 Å². The van der Waals surface area contributed by atoms with E-state index < -0.39 is 0 Å². The molecule has 0 N–H and O–H groups in total. The van der Waals surface area contributed by atoms with Gasteiger partial charge in [0.15, 0.2) is 0 Å². The molecule has 0 saturated carbocycles. The lowest BCUT2D eigenvalue weighted by molar-refractivity contribution is -0.137. The SMILES string of the molecule is Cc1nn(Cc2ccccc2Cl)c(C)c1/C=C\C(=O)N1C[C@@H](C)O[C@@H](C)C1. The number of hydrogen-bond acceptors (Lipinski definition) is 3. The number of morpholine rings is 1. The van der Waals surface area contributed by atoms with Gasteiger partial charge in [-0.25, -0.2) is 0 Å². The third-order valence-corrected chi connectivity index (χ3v) is 5.21. The highest BCUT2D eigenvalue weighted by Crippen LogP contribution is 2.20. The van der Waals surface area contributed by atoms with Crippen molar-refractivity contribution in [3.05, 3.63) is 57.9 Å². The molecule has 0 radical (unpaired) electrons. The van der Waals surface area contributed by atoms with Crippen LogP contribution in [0.15, 0.2) is 30.3 Å². The summed E-state index contributed by atoms with van der Waals surface area (Å²) in [5.41, 5.74) is 3.91. The molecule has 1 saturated heterocycles. The van der Waals surface area contributed by atoms with Crippen molar-refractivity contribution in [3.63, 3.8) is 0 Å². The Hall–Kier alpha value is -2.11. The Bertz CT molecular complexity index is 849. The van der Waals surface area contributed by atoms with Gasteiger partial charge in [0.2, 0.25) is 5.91 Å². The molecule has 0 aliphatic carbocycles. The van der Waals surface area contributed by atoms with Crippen molar-refractivity contribution in [2.24, 2.45) is 0 Å². The highest BCUT2D eigenvalue weighted by Gasteiger charge is 2.24. The number of nitrogens with zero attached hydrogens (tertiary/aromatic N) is 3. The first kappa shape index (κ1) is 19.6. The molecule has 1 aromatic heterocycles. The fourth-order valence-electron chi connectivity index (χ4n) is 3.51. The van der Waals surface area contributed by atoms with Crippen LogP contribution >= 0.6 is 11.6 Å². The maximum atomic E-state index is 12.6. The van der Waals surface area contributed by atoms with Crippen LogP contribution in [-0.4, -0.2) is 45.9 Å². The number of amides is 1. The first-order valence-electron chi connectivity index (χ1n) is 9.25. The first-order chi connectivity index (χ1) is 12.8. The second kappa shape index (κ2) is 8.28. The van der Waals surface area contributed by atoms with Crippen LogP contribution in [0, 0.1) is 13.8 Å². The van der Waals surface area contributed by atoms with Gasteiger partial charge in [0, 0.05) is 35.4 Å². The maximum Gasteiger partial charge on any atom is 0.246 e. The average Bonchev–Trinajstić information content (AvgIpc) is 2.87. The summed E-state index contributed by atoms with van der Waals surface area (Å²) >= 11 is 6.27. The average molecular weight is 388 g/mol. The summed E-state index contributed by atoms with van der Waals surface area (Å²) in [5, 5.41) is 5.35. The minimum Gasteiger partial charge on any atom is -0.372 e. The minimum atomic E-state index is 0.00894. The predicted octanol–water partition coefficient (Wildman–Crippen LogP) is 3.85. The van der Waals surface area contributed by atoms with E-state index in [1.807, 2.05) is 67.6 Å². The largest absolute Gasteiger partial charge is 0.372 e. The van der Waals surface area contributed by atoms with Gasteiger partial charge in [-0.3, -0.25) is 9.48 Å². The monoisotopic (exact) mass is 387 g/mol. The Labute approximate surface area is 165 Å². The summed E-state index contributed by atoms with van der Waals surface area (Å²) in [5.74, 6) is 0.00894. The van der Waals surface area contributed by atoms with Gasteiger partial charge in [-0.1, -0.05) is 29.8 Å². The standard InChI is InChI=1S/C21H26ClN3O2/c1-14-11-24(12-15(2)27-14)21(26)10-9-19-16(3)23-25(17(19)4)13-18-7-5-6-8-20(18)22/h5-10,14-15H,11-13H2,1-4H3/b10-9-/t14-,15+. The highest BCUT2D eigenvalue weighted by molar-refractivity contribution is 6.31. The number of rotatable bonds is 4. The second-order valence-electron chi connectivity index (χ2n) is 7.17. The Balaban J connectivity index is 1.75. The summed E-state index contributed by atoms with van der Waals surface area (Å²) < 4.78 is 7.63. The molecule has 6 heteroatoms. The first-order valence-corrected chi connectivity index (χ1v) is 9.62. The number of ether oxygens (including phenoxy) is 1. The molecule has 1 aliphatic rings. The number of aromatic nitrogens is 2. The molecule has 0 bridgehead atoms. The molecule has 1 amide bonds. The van der Waals surface area contributed by atoms with Gasteiger partial charge in [0.05, 0.1) is 24.4 Å². The van der Waals surface area contributed by atoms with Crippen LogP contribution < -0.4 is 0 Å². The maximum absolute atomic E-state index is 12.6. The van der Waals surface area contributed by atoms with E-state index in [4.69, 9.17) is 16.3 Å². The van der Waals surface area contributed by atoms with E-state index in [-0.39, 0.29) is 18.1 Å². The zero-order valence-corrected chi connectivity index (χ0v) is 17.0. The molecular formula is C21H26ClN3O2. The van der Waals surface area contributed by atoms with Gasteiger partial charge in [-0.05, 0) is 45.4 Å². The van der Waals surface area contributed by atoms with Crippen molar-refractivity contribution < 1.29 is 9.53 Å². The van der Waals surface area contributed by atoms with E-state index in [0.29, 0.717) is 19.6 Å². The molecule has 1 aromatic carbocycles. The van der Waals surface area contributed by atoms with Crippen LogP contribution in [0.25, 0.3) is 6.08 Å². The summed E-state index contributed by atoms with van der Waals surface area (Å²) in [4.78, 5) is 14.4. The van der Waals surface area contributed by atoms with Crippen molar-refractivity contribution in [1.29, 1.82) is 0 Å². The lowest BCUT2D eigenvalue weighted by Crippen LogP contribution is -2.47. The number of carbonyl (C=O) groups excluding carboxylic acids is 1. The van der Waals surface area contributed by atoms with Crippen LogP contribution in [0.5, 0.6) is 0 Å². The Morgan fingerprint density at radius 2 is 1.93 bits per heavy atom. The van der Waals surface area contributed by atoms with Crippen molar-refractivity contribution in [2.45, 2.75) is 46.4 Å². The van der Waals surface area contributed by atoms with Gasteiger partial charge < -0.3 is 9.64 Å². The molecule has 3 rings (SSSR count). The highest BCUT2D eigenvalue weighted by atomic mass is 35.5. The number of benzene rings is 1. The van der Waals surface area contributed by atoms with Gasteiger partial charge in [-0.15, -0.1) is 0 Å². The third-order valence-electron chi connectivity index (χ3n) is 4.84. The van der Waals surface area contributed by atoms with Crippen molar-refractivity contribution in [1.82, 2.24) is 14.7 Å². The molecule has 2 heterocycles. The molecule has 2 aromatic rings. The molecule has 5 nitrogen and oxygen atoms in total. The Kier molecular flexibility index (Phi) is 6.02. The van der Waals surface area contributed by atoms with Crippen molar-refractivity contribution in [3.8, 4) is 0 Å². The third kappa shape index (κ3) is 4.60. The fraction of sp³-hybridized carbons (Fsp3) is 0.429. The molecule has 1 fully saturated rings. The van der Waals surface area contributed by atoms with E-state index in [9.17, 15) is 4.79 Å². The van der Waals surface area contributed by atoms with Gasteiger partial charge in [0.25, 0.3) is 0 Å². The predicted molar refractivity (Wildman–Crippen MR) is 108 cm³/mol. The van der Waals surface area contributed by atoms with Gasteiger partial charge >= 0.3 is 0 Å². The topological polar surface area (TPSA) is 47.4 Å². The van der Waals surface area contributed by atoms with Gasteiger partial charge in [-0.2, -0.15) is 5.10 Å². The smallest absolute Gasteiger partial charge is 0.246 e. The van der Waals surface area contributed by atoms with E-state index in [1.54, 1.807) is 6.08 Å². The number of aryl methyl sites for hydroxylation is 1. The Morgan fingerprint density at radius 3 is 2.59 bits per heavy atom. The normalized spacial score (nSPS) is 20.4. The minimum absolute atomic E-state index is 0.00894. The zero-order valence-electron chi connectivity index (χ0n) is 16.3. The molecular weight excluding hydrogens is 362 g/mol. The second-order valence-corrected chi connectivity index (χ2v) is 7.57. The van der Waals surface area contributed by atoms with Crippen LogP contribution in [0.4, 0.5) is 0 Å². The molecule has 2 atom stereocenters. The Morgan fingerprint density at radius 1 is 1.26 bits per heavy atom. The lowest BCUT2D eigenvalue weighted by atomic mass is 10.1. The molecule has 144 valence electrons. The van der Waals surface area contributed by atoms with Crippen LogP contribution in [0.1, 0.15) is 36.4 Å². The number of carbonyl (C=O) groups is 1. The summed E-state index contributed by atoms with van der Waals surface area (Å²) in [6.45, 7) is 9.81. The zero-order chi connectivity index (χ0) is 19.6. The van der Waals surface area contributed by atoms with Crippen molar-refractivity contribution >= 4 is 23.6 Å². The molecule has 27 heavy (non-hydrogen) atoms. The quantitative estimate of drug-likeness (QED) is 0.748. The number of hydrogen-bond donors (Lipinski definition) is 0. The van der Waals surface area contributed by atoms with E-state index in [2.05, 4.69) is 5.10 Å². The molecule has 0 spiro atoms. The van der Waals surface area contributed by atoms with E-state index >= 15 is 0 Å². The van der Waals surface area contributed by atoms with Crippen LogP contribution in [0.2, 0.25) is 5.02 Å². The molecule has 0 unspecified atom stereocenters. The van der Waals surface area contributed by atoms with Crippen LogP contribution in [-0.2, 0) is 16.1 Å². The van der Waals surface area contributed by atoms with Gasteiger partial charge in [0.1, 0.15) is 0 Å². The fourth-order valence-corrected chi connectivity index (χ4v) is 3.71. The van der Waals surface area contributed by atoms with E-state index in [1.165, 1.54) is 0 Å². The summed E-state index contributed by atoms with van der Waals surface area (Å²) in [7, 11) is 0. The van der Waals surface area contributed by atoms with Crippen LogP contribution in [0.3, 0.4) is 0 Å².